The minimum atomic E-state index is -0.171. The van der Waals surface area contributed by atoms with Gasteiger partial charge in [0.05, 0.1) is 5.69 Å². The molecule has 0 fully saturated rings. The van der Waals surface area contributed by atoms with Gasteiger partial charge in [0, 0.05) is 23.0 Å². The first-order valence-corrected chi connectivity index (χ1v) is 7.01. The number of hydrogen-bond acceptors (Lipinski definition) is 4. The van der Waals surface area contributed by atoms with Gasteiger partial charge in [0.15, 0.2) is 0 Å². The fourth-order valence-electron chi connectivity index (χ4n) is 2.40. The second kappa shape index (κ2) is 5.38. The third kappa shape index (κ3) is 2.55. The lowest BCUT2D eigenvalue weighted by Gasteiger charge is -2.07. The number of anilines is 1. The average Bonchev–Trinajstić information content (AvgIpc) is 3.26. The van der Waals surface area contributed by atoms with Crippen LogP contribution in [-0.4, -0.2) is 31.1 Å². The summed E-state index contributed by atoms with van der Waals surface area (Å²) < 4.78 is 1.53. The molecule has 0 radical (unpaired) electrons. The topological polar surface area (TPSA) is 88.5 Å². The molecule has 0 aliphatic carbocycles. The maximum atomic E-state index is 12.4. The maximum Gasteiger partial charge on any atom is 0.255 e. The summed E-state index contributed by atoms with van der Waals surface area (Å²) in [5.41, 5.74) is 2.97. The van der Waals surface area contributed by atoms with Gasteiger partial charge >= 0.3 is 0 Å². The van der Waals surface area contributed by atoms with E-state index in [4.69, 9.17) is 0 Å². The molecular formula is C16H12N6O. The number of nitrogens with zero attached hydrogens (tertiary/aromatic N) is 4. The van der Waals surface area contributed by atoms with E-state index in [0.29, 0.717) is 11.3 Å². The number of H-pyrrole nitrogens is 1. The molecule has 112 valence electrons. The standard InChI is InChI=1S/C16H12N6O/c23-16(12-5-4-11-6-7-17-15(11)8-12)19-13-2-1-3-14(9-13)22-10-18-20-21-22/h1-10,17H,(H,19,23). The maximum absolute atomic E-state index is 12.4. The zero-order valence-electron chi connectivity index (χ0n) is 12.0. The van der Waals surface area contributed by atoms with Gasteiger partial charge in [-0.2, -0.15) is 0 Å². The van der Waals surface area contributed by atoms with Crippen LogP contribution in [0.25, 0.3) is 16.6 Å². The third-order valence-corrected chi connectivity index (χ3v) is 3.53. The Morgan fingerprint density at radius 3 is 2.96 bits per heavy atom. The Hall–Kier alpha value is -3.48. The Labute approximate surface area is 130 Å². The molecule has 0 spiro atoms. The second-order valence-electron chi connectivity index (χ2n) is 5.04. The zero-order chi connectivity index (χ0) is 15.6. The van der Waals surface area contributed by atoms with Gasteiger partial charge in [-0.1, -0.05) is 12.1 Å². The van der Waals surface area contributed by atoms with Crippen molar-refractivity contribution >= 4 is 22.5 Å². The van der Waals surface area contributed by atoms with E-state index in [1.807, 2.05) is 42.6 Å². The normalized spacial score (nSPS) is 10.8. The first-order valence-electron chi connectivity index (χ1n) is 7.01. The molecule has 2 N–H and O–H groups in total. The highest BCUT2D eigenvalue weighted by atomic mass is 16.1. The van der Waals surface area contributed by atoms with Crippen LogP contribution in [0, 0.1) is 0 Å². The molecule has 0 atom stereocenters. The van der Waals surface area contributed by atoms with E-state index in [1.54, 1.807) is 12.1 Å². The number of carbonyl (C=O) groups is 1. The number of tetrazole rings is 1. The lowest BCUT2D eigenvalue weighted by molar-refractivity contribution is 0.102. The predicted octanol–water partition coefficient (Wildman–Crippen LogP) is 2.40. The number of carbonyl (C=O) groups excluding carboxylic acids is 1. The van der Waals surface area contributed by atoms with Crippen LogP contribution in [0.3, 0.4) is 0 Å². The Morgan fingerprint density at radius 2 is 2.09 bits per heavy atom. The van der Waals surface area contributed by atoms with E-state index in [1.165, 1.54) is 11.0 Å². The summed E-state index contributed by atoms with van der Waals surface area (Å²) in [7, 11) is 0. The first kappa shape index (κ1) is 13.2. The van der Waals surface area contributed by atoms with Gasteiger partial charge in [0.25, 0.3) is 5.91 Å². The first-order chi connectivity index (χ1) is 11.3. The number of fused-ring (bicyclic) bond motifs is 1. The molecule has 0 unspecified atom stereocenters. The predicted molar refractivity (Wildman–Crippen MR) is 85.4 cm³/mol. The Bertz CT molecular complexity index is 973. The van der Waals surface area contributed by atoms with Crippen molar-refractivity contribution in [3.05, 3.63) is 66.6 Å². The van der Waals surface area contributed by atoms with Crippen LogP contribution >= 0.6 is 0 Å². The molecule has 7 nitrogen and oxygen atoms in total. The van der Waals surface area contributed by atoms with E-state index < -0.39 is 0 Å². The molecular weight excluding hydrogens is 292 g/mol. The van der Waals surface area contributed by atoms with Gasteiger partial charge in [-0.15, -0.1) is 5.10 Å². The van der Waals surface area contributed by atoms with E-state index in [0.717, 1.165) is 16.6 Å². The summed E-state index contributed by atoms with van der Waals surface area (Å²) in [4.78, 5) is 15.5. The molecule has 23 heavy (non-hydrogen) atoms. The summed E-state index contributed by atoms with van der Waals surface area (Å²) in [5, 5.41) is 15.0. The number of aromatic nitrogens is 5. The van der Waals surface area contributed by atoms with Crippen molar-refractivity contribution in [2.75, 3.05) is 5.32 Å². The van der Waals surface area contributed by atoms with Gasteiger partial charge in [-0.05, 0) is 52.2 Å². The molecule has 7 heteroatoms. The molecule has 1 amide bonds. The van der Waals surface area contributed by atoms with Crippen LogP contribution in [0.5, 0.6) is 0 Å². The van der Waals surface area contributed by atoms with Crippen LogP contribution in [0.15, 0.2) is 61.1 Å². The van der Waals surface area contributed by atoms with Crippen molar-refractivity contribution in [2.24, 2.45) is 0 Å². The second-order valence-corrected chi connectivity index (χ2v) is 5.04. The number of rotatable bonds is 3. The lowest BCUT2D eigenvalue weighted by Crippen LogP contribution is -2.12. The van der Waals surface area contributed by atoms with Crippen LogP contribution in [-0.2, 0) is 0 Å². The van der Waals surface area contributed by atoms with E-state index in [9.17, 15) is 4.79 Å². The van der Waals surface area contributed by atoms with Crippen LogP contribution in [0.4, 0.5) is 5.69 Å². The number of amides is 1. The van der Waals surface area contributed by atoms with E-state index in [-0.39, 0.29) is 5.91 Å². The van der Waals surface area contributed by atoms with Crippen molar-refractivity contribution in [3.63, 3.8) is 0 Å². The summed E-state index contributed by atoms with van der Waals surface area (Å²) in [6, 6.07) is 14.8. The number of nitrogens with one attached hydrogen (secondary N) is 2. The summed E-state index contributed by atoms with van der Waals surface area (Å²) in [6.45, 7) is 0. The van der Waals surface area contributed by atoms with Gasteiger partial charge < -0.3 is 10.3 Å². The van der Waals surface area contributed by atoms with E-state index in [2.05, 4.69) is 25.8 Å². The van der Waals surface area contributed by atoms with Crippen molar-refractivity contribution in [3.8, 4) is 5.69 Å². The zero-order valence-corrected chi connectivity index (χ0v) is 12.0. The Balaban J connectivity index is 1.59. The molecule has 4 rings (SSSR count). The number of hydrogen-bond donors (Lipinski definition) is 2. The summed E-state index contributed by atoms with van der Waals surface area (Å²) in [6.07, 6.45) is 3.35. The van der Waals surface area contributed by atoms with Crippen molar-refractivity contribution in [2.45, 2.75) is 0 Å². The minimum Gasteiger partial charge on any atom is -0.361 e. The number of benzene rings is 2. The molecule has 0 saturated heterocycles. The fraction of sp³-hybridized carbons (Fsp3) is 0. The fourth-order valence-corrected chi connectivity index (χ4v) is 2.40. The summed E-state index contributed by atoms with van der Waals surface area (Å²) in [5.74, 6) is -0.171. The van der Waals surface area contributed by atoms with Crippen LogP contribution in [0.2, 0.25) is 0 Å². The summed E-state index contributed by atoms with van der Waals surface area (Å²) >= 11 is 0. The molecule has 4 aromatic rings. The quantitative estimate of drug-likeness (QED) is 0.608. The van der Waals surface area contributed by atoms with E-state index >= 15 is 0 Å². The average molecular weight is 304 g/mol. The van der Waals surface area contributed by atoms with Crippen molar-refractivity contribution in [1.29, 1.82) is 0 Å². The molecule has 2 heterocycles. The van der Waals surface area contributed by atoms with Gasteiger partial charge in [-0.3, -0.25) is 4.79 Å². The van der Waals surface area contributed by atoms with Crippen molar-refractivity contribution < 1.29 is 4.79 Å². The highest BCUT2D eigenvalue weighted by molar-refractivity contribution is 6.06. The van der Waals surface area contributed by atoms with Gasteiger partial charge in [0.1, 0.15) is 6.33 Å². The van der Waals surface area contributed by atoms with Gasteiger partial charge in [0.2, 0.25) is 0 Å². The minimum absolute atomic E-state index is 0.171. The molecule has 0 bridgehead atoms. The smallest absolute Gasteiger partial charge is 0.255 e. The Kier molecular flexibility index (Phi) is 3.09. The van der Waals surface area contributed by atoms with Crippen LogP contribution < -0.4 is 5.32 Å². The largest absolute Gasteiger partial charge is 0.361 e. The molecule has 0 aliphatic rings. The van der Waals surface area contributed by atoms with Crippen molar-refractivity contribution in [1.82, 2.24) is 25.2 Å². The Morgan fingerprint density at radius 1 is 1.13 bits per heavy atom. The molecule has 0 aliphatic heterocycles. The highest BCUT2D eigenvalue weighted by Gasteiger charge is 2.08. The molecule has 2 aromatic carbocycles. The van der Waals surface area contributed by atoms with Gasteiger partial charge in [-0.25, -0.2) is 4.68 Å². The monoisotopic (exact) mass is 304 g/mol. The third-order valence-electron chi connectivity index (χ3n) is 3.53. The molecule has 2 aromatic heterocycles. The number of aromatic amines is 1. The molecule has 0 saturated carbocycles. The SMILES string of the molecule is O=C(Nc1cccc(-n2cnnn2)c1)c1ccc2cc[nH]c2c1. The lowest BCUT2D eigenvalue weighted by atomic mass is 10.1. The highest BCUT2D eigenvalue weighted by Crippen LogP contribution is 2.17. The van der Waals surface area contributed by atoms with Crippen LogP contribution in [0.1, 0.15) is 10.4 Å².